The van der Waals surface area contributed by atoms with Gasteiger partial charge in [-0.25, -0.2) is 0 Å². The first kappa shape index (κ1) is 19.3. The molecule has 5 heteroatoms. The van der Waals surface area contributed by atoms with Gasteiger partial charge in [0.2, 0.25) is 0 Å². The van der Waals surface area contributed by atoms with Gasteiger partial charge in [0.1, 0.15) is 5.69 Å². The van der Waals surface area contributed by atoms with E-state index in [4.69, 9.17) is 5.73 Å². The zero-order valence-electron chi connectivity index (χ0n) is 17.0. The van der Waals surface area contributed by atoms with Crippen LogP contribution in [0.4, 0.5) is 5.69 Å². The number of carbonyl (C=O) groups is 2. The molecule has 31 heavy (non-hydrogen) atoms. The van der Waals surface area contributed by atoms with Crippen molar-refractivity contribution in [1.29, 1.82) is 0 Å². The highest BCUT2D eigenvalue weighted by atomic mass is 16.2. The smallest absolute Gasteiger partial charge is 0.272 e. The minimum Gasteiger partial charge on any atom is -0.329 e. The summed E-state index contributed by atoms with van der Waals surface area (Å²) in [5.41, 5.74) is 9.79. The summed E-state index contributed by atoms with van der Waals surface area (Å²) in [5.74, 6) is 0.144. The van der Waals surface area contributed by atoms with Crippen molar-refractivity contribution in [1.82, 2.24) is 4.57 Å². The molecular formula is C26H23N3O2. The lowest BCUT2D eigenvalue weighted by Crippen LogP contribution is -2.20. The van der Waals surface area contributed by atoms with Crippen LogP contribution in [-0.2, 0) is 6.54 Å². The van der Waals surface area contributed by atoms with Crippen molar-refractivity contribution in [3.05, 3.63) is 102 Å². The fourth-order valence-electron chi connectivity index (χ4n) is 4.03. The lowest BCUT2D eigenvalue weighted by Gasteiger charge is -2.11. The zero-order chi connectivity index (χ0) is 21.4. The van der Waals surface area contributed by atoms with Crippen LogP contribution in [0.25, 0.3) is 10.9 Å². The van der Waals surface area contributed by atoms with E-state index in [-0.39, 0.29) is 24.3 Å². The van der Waals surface area contributed by atoms with Crippen molar-refractivity contribution >= 4 is 28.3 Å². The number of anilines is 1. The SMILES string of the molecule is N[C@@H]1C[C@H]1c1ccc(NC(=O)c2cc3ccccc3n2CC(=O)c2ccccc2)cc1. The molecule has 1 saturated carbocycles. The molecule has 0 radical (unpaired) electrons. The van der Waals surface area contributed by atoms with E-state index in [0.29, 0.717) is 22.9 Å². The maximum absolute atomic E-state index is 13.1. The van der Waals surface area contributed by atoms with Crippen LogP contribution in [0, 0.1) is 0 Å². The molecule has 3 aromatic carbocycles. The number of ketones is 1. The van der Waals surface area contributed by atoms with Crippen molar-refractivity contribution < 1.29 is 9.59 Å². The van der Waals surface area contributed by atoms with Crippen molar-refractivity contribution in [3.63, 3.8) is 0 Å². The maximum atomic E-state index is 13.1. The minimum atomic E-state index is -0.243. The number of para-hydroxylation sites is 1. The van der Waals surface area contributed by atoms with Crippen molar-refractivity contribution in [2.45, 2.75) is 24.9 Å². The number of hydrogen-bond acceptors (Lipinski definition) is 3. The van der Waals surface area contributed by atoms with Gasteiger partial charge in [0, 0.05) is 34.1 Å². The van der Waals surface area contributed by atoms with Gasteiger partial charge >= 0.3 is 0 Å². The number of fused-ring (bicyclic) bond motifs is 1. The Labute approximate surface area is 180 Å². The number of nitrogens with one attached hydrogen (secondary N) is 1. The normalized spacial score (nSPS) is 17.5. The lowest BCUT2D eigenvalue weighted by molar-refractivity contribution is 0.0968. The molecule has 5 rings (SSSR count). The Bertz CT molecular complexity index is 1260. The minimum absolute atomic E-state index is 0.0406. The van der Waals surface area contributed by atoms with Crippen LogP contribution < -0.4 is 11.1 Å². The van der Waals surface area contributed by atoms with E-state index < -0.39 is 0 Å². The summed E-state index contributed by atoms with van der Waals surface area (Å²) in [6, 6.07) is 26.8. The Morgan fingerprint density at radius 2 is 1.61 bits per heavy atom. The van der Waals surface area contributed by atoms with E-state index in [9.17, 15) is 9.59 Å². The molecule has 1 heterocycles. The van der Waals surface area contributed by atoms with Crippen LogP contribution >= 0.6 is 0 Å². The number of nitrogens with zero attached hydrogens (tertiary/aromatic N) is 1. The summed E-state index contributed by atoms with van der Waals surface area (Å²) >= 11 is 0. The molecule has 1 fully saturated rings. The monoisotopic (exact) mass is 409 g/mol. The second-order valence-electron chi connectivity index (χ2n) is 8.05. The van der Waals surface area contributed by atoms with Crippen molar-refractivity contribution in [3.8, 4) is 0 Å². The fraction of sp³-hybridized carbons (Fsp3) is 0.154. The van der Waals surface area contributed by atoms with Crippen LogP contribution in [0.2, 0.25) is 0 Å². The molecule has 1 aliphatic rings. The highest BCUT2D eigenvalue weighted by Crippen LogP contribution is 2.39. The first-order valence-electron chi connectivity index (χ1n) is 10.4. The van der Waals surface area contributed by atoms with Crippen LogP contribution in [0.1, 0.15) is 38.7 Å². The van der Waals surface area contributed by atoms with Gasteiger partial charge in [-0.3, -0.25) is 9.59 Å². The highest BCUT2D eigenvalue weighted by Gasteiger charge is 2.34. The molecule has 2 atom stereocenters. The number of amides is 1. The largest absolute Gasteiger partial charge is 0.329 e. The van der Waals surface area contributed by atoms with Gasteiger partial charge in [0.05, 0.1) is 6.54 Å². The standard InChI is InChI=1S/C26H23N3O2/c27-22-15-21(22)17-10-12-20(13-11-17)28-26(31)24-14-19-8-4-5-9-23(19)29(24)16-25(30)18-6-2-1-3-7-18/h1-14,21-22H,15-16,27H2,(H,28,31)/t21-,22+/m0/s1. The van der Waals surface area contributed by atoms with Crippen molar-refractivity contribution in [2.24, 2.45) is 5.73 Å². The molecule has 3 N–H and O–H groups in total. The molecule has 0 spiro atoms. The Morgan fingerprint density at radius 1 is 0.935 bits per heavy atom. The fourth-order valence-corrected chi connectivity index (χ4v) is 4.03. The Morgan fingerprint density at radius 3 is 2.32 bits per heavy atom. The van der Waals surface area contributed by atoms with E-state index in [0.717, 1.165) is 17.3 Å². The molecule has 1 aromatic heterocycles. The molecule has 1 aliphatic carbocycles. The third kappa shape index (κ3) is 3.88. The molecule has 0 unspecified atom stereocenters. The van der Waals surface area contributed by atoms with Crippen molar-refractivity contribution in [2.75, 3.05) is 5.32 Å². The summed E-state index contributed by atoms with van der Waals surface area (Å²) < 4.78 is 1.79. The third-order valence-corrected chi connectivity index (χ3v) is 5.88. The first-order valence-corrected chi connectivity index (χ1v) is 10.4. The zero-order valence-corrected chi connectivity index (χ0v) is 17.0. The molecule has 1 amide bonds. The van der Waals surface area contributed by atoms with Gasteiger partial charge in [0.25, 0.3) is 5.91 Å². The Balaban J connectivity index is 1.42. The first-order chi connectivity index (χ1) is 15.1. The number of nitrogens with two attached hydrogens (primary N) is 1. The van der Waals surface area contributed by atoms with Gasteiger partial charge in [0.15, 0.2) is 5.78 Å². The predicted octanol–water partition coefficient (Wildman–Crippen LogP) is 4.59. The quantitative estimate of drug-likeness (QED) is 0.457. The van der Waals surface area contributed by atoms with Crippen LogP contribution in [0.5, 0.6) is 0 Å². The average Bonchev–Trinajstić information content (AvgIpc) is 3.42. The second-order valence-corrected chi connectivity index (χ2v) is 8.05. The molecule has 154 valence electrons. The topological polar surface area (TPSA) is 77.1 Å². The highest BCUT2D eigenvalue weighted by molar-refractivity contribution is 6.07. The van der Waals surface area contributed by atoms with E-state index >= 15 is 0 Å². The molecule has 0 saturated heterocycles. The van der Waals surface area contributed by atoms with E-state index in [1.807, 2.05) is 72.8 Å². The van der Waals surface area contributed by atoms with Crippen LogP contribution in [0.15, 0.2) is 84.9 Å². The third-order valence-electron chi connectivity index (χ3n) is 5.88. The molecule has 5 nitrogen and oxygen atoms in total. The number of carbonyl (C=O) groups excluding carboxylic acids is 2. The molecule has 4 aromatic rings. The lowest BCUT2D eigenvalue weighted by atomic mass is 10.1. The van der Waals surface area contributed by atoms with Gasteiger partial charge in [-0.15, -0.1) is 0 Å². The van der Waals surface area contributed by atoms with Gasteiger partial charge in [-0.1, -0.05) is 60.7 Å². The predicted molar refractivity (Wildman–Crippen MR) is 122 cm³/mol. The van der Waals surface area contributed by atoms with Gasteiger partial charge in [-0.05, 0) is 36.2 Å². The Kier molecular flexibility index (Phi) is 4.88. The van der Waals surface area contributed by atoms with E-state index in [2.05, 4.69) is 5.32 Å². The number of Topliss-reactive ketones (excluding diaryl/α,β-unsaturated/α-hetero) is 1. The van der Waals surface area contributed by atoms with Crippen LogP contribution in [0.3, 0.4) is 0 Å². The molecule has 0 bridgehead atoms. The molecular weight excluding hydrogens is 386 g/mol. The van der Waals surface area contributed by atoms with E-state index in [1.165, 1.54) is 5.56 Å². The van der Waals surface area contributed by atoms with Gasteiger partial charge in [-0.2, -0.15) is 0 Å². The molecule has 0 aliphatic heterocycles. The summed E-state index contributed by atoms with van der Waals surface area (Å²) in [4.78, 5) is 26.0. The Hall–Kier alpha value is -3.70. The summed E-state index contributed by atoms with van der Waals surface area (Å²) in [5, 5.41) is 3.89. The summed E-state index contributed by atoms with van der Waals surface area (Å²) in [6.07, 6.45) is 1.02. The average molecular weight is 409 g/mol. The summed E-state index contributed by atoms with van der Waals surface area (Å²) in [7, 11) is 0. The number of hydrogen-bond donors (Lipinski definition) is 2. The number of aromatic nitrogens is 1. The second kappa shape index (κ2) is 7.85. The number of benzene rings is 3. The maximum Gasteiger partial charge on any atom is 0.272 e. The number of rotatable bonds is 6. The van der Waals surface area contributed by atoms with Crippen LogP contribution in [-0.4, -0.2) is 22.3 Å². The van der Waals surface area contributed by atoms with Gasteiger partial charge < -0.3 is 15.6 Å². The van der Waals surface area contributed by atoms with E-state index in [1.54, 1.807) is 16.7 Å². The summed E-state index contributed by atoms with van der Waals surface area (Å²) in [6.45, 7) is 0.0960.